The van der Waals surface area contributed by atoms with Gasteiger partial charge in [0.25, 0.3) is 0 Å². The van der Waals surface area contributed by atoms with Gasteiger partial charge in [-0.3, -0.25) is 4.79 Å². The molecular weight excluding hydrogens is 352 g/mol. The number of carbonyl (C=O) groups is 2. The van der Waals surface area contributed by atoms with E-state index < -0.39 is 12.1 Å². The fraction of sp³-hybridized carbons (Fsp3) is 0.750. The molecule has 0 radical (unpaired) electrons. The van der Waals surface area contributed by atoms with Crippen molar-refractivity contribution < 1.29 is 19.8 Å². The second kappa shape index (κ2) is 12.9. The second-order valence-electron chi connectivity index (χ2n) is 8.66. The van der Waals surface area contributed by atoms with Crippen LogP contribution < -0.4 is 0 Å². The monoisotopic (exact) mass is 392 g/mol. The quantitative estimate of drug-likeness (QED) is 0.294. The van der Waals surface area contributed by atoms with Gasteiger partial charge in [-0.15, -0.1) is 0 Å². The zero-order valence-corrected chi connectivity index (χ0v) is 18.0. The minimum Gasteiger partial charge on any atom is -0.479 e. The van der Waals surface area contributed by atoms with Crippen LogP contribution in [0.25, 0.3) is 0 Å². The Kier molecular flexibility index (Phi) is 11.4. The molecular formula is C24H40O4. The lowest BCUT2D eigenvalue weighted by Crippen LogP contribution is -2.27. The number of ketones is 1. The lowest BCUT2D eigenvalue weighted by molar-refractivity contribution is -0.146. The summed E-state index contributed by atoms with van der Waals surface area (Å²) < 4.78 is 0. The van der Waals surface area contributed by atoms with Crippen LogP contribution in [0.3, 0.4) is 0 Å². The van der Waals surface area contributed by atoms with E-state index in [0.717, 1.165) is 6.42 Å². The fourth-order valence-electron chi connectivity index (χ4n) is 3.98. The molecule has 0 amide bonds. The van der Waals surface area contributed by atoms with Crippen LogP contribution in [0, 0.1) is 17.3 Å². The molecule has 0 heterocycles. The van der Waals surface area contributed by atoms with Gasteiger partial charge in [0.15, 0.2) is 6.10 Å². The smallest absolute Gasteiger partial charge is 0.332 e. The van der Waals surface area contributed by atoms with E-state index in [-0.39, 0.29) is 17.8 Å². The zero-order chi connectivity index (χ0) is 21.0. The van der Waals surface area contributed by atoms with Gasteiger partial charge in [0.2, 0.25) is 0 Å². The van der Waals surface area contributed by atoms with Crippen molar-refractivity contribution in [2.75, 3.05) is 0 Å². The molecule has 0 aromatic rings. The highest BCUT2D eigenvalue weighted by Crippen LogP contribution is 2.44. The lowest BCUT2D eigenvalue weighted by Gasteiger charge is -2.27. The second-order valence-corrected chi connectivity index (χ2v) is 8.66. The third-order valence-electron chi connectivity index (χ3n) is 6.17. The van der Waals surface area contributed by atoms with Gasteiger partial charge in [-0.1, -0.05) is 77.2 Å². The Bertz CT molecular complexity index is 537. The van der Waals surface area contributed by atoms with Crippen LogP contribution in [-0.4, -0.2) is 28.1 Å². The van der Waals surface area contributed by atoms with Gasteiger partial charge in [-0.05, 0) is 43.9 Å². The molecule has 1 aliphatic rings. The van der Waals surface area contributed by atoms with Crippen molar-refractivity contribution in [2.45, 2.75) is 97.5 Å². The predicted octanol–water partition coefficient (Wildman–Crippen LogP) is 5.70. The molecule has 4 heteroatoms. The Balaban J connectivity index is 2.47. The number of rotatable bonds is 14. The summed E-state index contributed by atoms with van der Waals surface area (Å²) in [6.07, 6.45) is 17.8. The Morgan fingerprint density at radius 1 is 1.21 bits per heavy atom. The molecule has 4 nitrogen and oxygen atoms in total. The Morgan fingerprint density at radius 2 is 1.93 bits per heavy atom. The van der Waals surface area contributed by atoms with E-state index in [0.29, 0.717) is 31.0 Å². The highest BCUT2D eigenvalue weighted by atomic mass is 16.4. The maximum atomic E-state index is 12.5. The molecule has 0 aromatic heterocycles. The van der Waals surface area contributed by atoms with Crippen molar-refractivity contribution >= 4 is 11.8 Å². The van der Waals surface area contributed by atoms with E-state index in [9.17, 15) is 14.7 Å². The van der Waals surface area contributed by atoms with Crippen LogP contribution in [0.2, 0.25) is 0 Å². The summed E-state index contributed by atoms with van der Waals surface area (Å²) >= 11 is 0. The molecule has 0 aliphatic heterocycles. The number of allylic oxidation sites excluding steroid dienone is 4. The molecule has 1 aliphatic carbocycles. The molecule has 1 saturated carbocycles. The molecule has 4 atom stereocenters. The third-order valence-corrected chi connectivity index (χ3v) is 6.17. The summed E-state index contributed by atoms with van der Waals surface area (Å²) in [5.74, 6) is -0.0352. The Morgan fingerprint density at radius 3 is 2.61 bits per heavy atom. The van der Waals surface area contributed by atoms with Gasteiger partial charge >= 0.3 is 5.97 Å². The number of hydrogen-bond acceptors (Lipinski definition) is 3. The molecule has 0 aromatic carbocycles. The van der Waals surface area contributed by atoms with Crippen LogP contribution in [0.1, 0.15) is 91.4 Å². The van der Waals surface area contributed by atoms with Crippen molar-refractivity contribution in [1.29, 1.82) is 0 Å². The number of aliphatic hydroxyl groups excluding tert-OH is 1. The first-order valence-electron chi connectivity index (χ1n) is 11.1. The molecule has 160 valence electrons. The Labute approximate surface area is 171 Å². The highest BCUT2D eigenvalue weighted by Gasteiger charge is 2.43. The maximum absolute atomic E-state index is 12.5. The molecule has 1 rings (SSSR count). The minimum atomic E-state index is -1.31. The molecule has 2 N–H and O–H groups in total. The number of aliphatic carboxylic acids is 1. The largest absolute Gasteiger partial charge is 0.479 e. The topological polar surface area (TPSA) is 74.6 Å². The van der Waals surface area contributed by atoms with Gasteiger partial charge in [-0.2, -0.15) is 0 Å². The average molecular weight is 393 g/mol. The number of carboxylic acid groups (broad SMARTS) is 1. The Hall–Kier alpha value is -1.42. The van der Waals surface area contributed by atoms with Crippen molar-refractivity contribution in [3.05, 3.63) is 24.3 Å². The molecule has 0 bridgehead atoms. The third kappa shape index (κ3) is 8.30. The standard InChI is InChI=1S/C24H40O4/c1-4-5-6-7-9-12-19(2)14-15-20-16-17-22(26)24(20,3)18-11-8-10-13-21(25)23(27)28/h8,11,14-15,19-21,25H,4-7,9-10,12-13,16-18H2,1-3H3,(H,27,28)/t19?,20-,21?,24+/m0/s1. The maximum Gasteiger partial charge on any atom is 0.332 e. The number of carboxylic acids is 1. The summed E-state index contributed by atoms with van der Waals surface area (Å²) in [5.41, 5.74) is -0.362. The van der Waals surface area contributed by atoms with Gasteiger partial charge < -0.3 is 10.2 Å². The molecule has 2 unspecified atom stereocenters. The first-order chi connectivity index (χ1) is 13.3. The van der Waals surface area contributed by atoms with Crippen LogP contribution in [-0.2, 0) is 9.59 Å². The first-order valence-corrected chi connectivity index (χ1v) is 11.1. The first kappa shape index (κ1) is 24.6. The lowest BCUT2D eigenvalue weighted by atomic mass is 9.75. The van der Waals surface area contributed by atoms with E-state index >= 15 is 0 Å². The fourth-order valence-corrected chi connectivity index (χ4v) is 3.98. The van der Waals surface area contributed by atoms with Crippen molar-refractivity contribution in [3.8, 4) is 0 Å². The number of hydrogen-bond donors (Lipinski definition) is 2. The van der Waals surface area contributed by atoms with E-state index in [4.69, 9.17) is 5.11 Å². The van der Waals surface area contributed by atoms with Crippen LogP contribution in [0.15, 0.2) is 24.3 Å². The SMILES string of the molecule is CCCCCCCC(C)C=C[C@H]1CCC(=O)[C@]1(C)CC=CCCC(O)C(=O)O. The summed E-state index contributed by atoms with van der Waals surface area (Å²) in [7, 11) is 0. The van der Waals surface area contributed by atoms with E-state index in [1.54, 1.807) is 0 Å². The van der Waals surface area contributed by atoms with Crippen LogP contribution >= 0.6 is 0 Å². The number of unbranched alkanes of at least 4 members (excludes halogenated alkanes) is 4. The average Bonchev–Trinajstić information content (AvgIpc) is 2.93. The number of carbonyl (C=O) groups excluding carboxylic acids is 1. The normalized spacial score (nSPS) is 25.0. The van der Waals surface area contributed by atoms with Gasteiger partial charge in [0, 0.05) is 11.8 Å². The van der Waals surface area contributed by atoms with Crippen LogP contribution in [0.4, 0.5) is 0 Å². The summed E-state index contributed by atoms with van der Waals surface area (Å²) in [5, 5.41) is 18.0. The van der Waals surface area contributed by atoms with Crippen molar-refractivity contribution in [3.63, 3.8) is 0 Å². The van der Waals surface area contributed by atoms with Crippen molar-refractivity contribution in [2.24, 2.45) is 17.3 Å². The number of aliphatic hydroxyl groups is 1. The number of Topliss-reactive ketones (excluding diaryl/α,β-unsaturated/α-hetero) is 1. The minimum absolute atomic E-state index is 0.204. The van der Waals surface area contributed by atoms with E-state index in [2.05, 4.69) is 32.9 Å². The summed E-state index contributed by atoms with van der Waals surface area (Å²) in [6, 6.07) is 0. The van der Waals surface area contributed by atoms with E-state index in [1.165, 1.54) is 38.5 Å². The van der Waals surface area contributed by atoms with E-state index in [1.807, 2.05) is 12.2 Å². The van der Waals surface area contributed by atoms with Crippen molar-refractivity contribution in [1.82, 2.24) is 0 Å². The molecule has 0 spiro atoms. The summed E-state index contributed by atoms with van der Waals surface area (Å²) in [6.45, 7) is 6.56. The van der Waals surface area contributed by atoms with Gasteiger partial charge in [-0.25, -0.2) is 4.79 Å². The zero-order valence-electron chi connectivity index (χ0n) is 18.0. The molecule has 0 saturated heterocycles. The molecule has 28 heavy (non-hydrogen) atoms. The predicted molar refractivity (Wildman–Crippen MR) is 114 cm³/mol. The molecule has 1 fully saturated rings. The van der Waals surface area contributed by atoms with Crippen LogP contribution in [0.5, 0.6) is 0 Å². The van der Waals surface area contributed by atoms with Gasteiger partial charge in [0.1, 0.15) is 5.78 Å². The highest BCUT2D eigenvalue weighted by molar-refractivity contribution is 5.87. The summed E-state index contributed by atoms with van der Waals surface area (Å²) in [4.78, 5) is 23.1. The van der Waals surface area contributed by atoms with Gasteiger partial charge in [0.05, 0.1) is 0 Å².